The van der Waals surface area contributed by atoms with Crippen LogP contribution in [0.4, 0.5) is 0 Å². The van der Waals surface area contributed by atoms with E-state index in [4.69, 9.17) is 11.6 Å². The second kappa shape index (κ2) is 8.21. The zero-order valence-electron chi connectivity index (χ0n) is 15.3. The number of carbonyl (C=O) groups excluding carboxylic acids is 1. The van der Waals surface area contributed by atoms with Crippen molar-refractivity contribution in [3.8, 4) is 0 Å². The maximum Gasteiger partial charge on any atom is 0.228 e. The molecule has 4 heteroatoms. The highest BCUT2D eigenvalue weighted by Crippen LogP contribution is 2.32. The minimum Gasteiger partial charge on any atom is -0.348 e. The number of carbonyl (C=O) groups is 1. The summed E-state index contributed by atoms with van der Waals surface area (Å²) in [6.45, 7) is 8.27. The Hall–Kier alpha value is -2.26. The molecule has 3 nitrogen and oxygen atoms in total. The van der Waals surface area contributed by atoms with Gasteiger partial charge in [0.25, 0.3) is 0 Å². The fourth-order valence-electron chi connectivity index (χ4n) is 2.72. The number of halogens is 1. The number of hydrogen-bond acceptors (Lipinski definition) is 2. The molecular formula is C21H25ClN2O. The van der Waals surface area contributed by atoms with Gasteiger partial charge in [-0.05, 0) is 36.6 Å². The molecule has 0 aliphatic carbocycles. The molecule has 0 unspecified atom stereocenters. The molecule has 0 atom stereocenters. The van der Waals surface area contributed by atoms with Crippen LogP contribution in [0.1, 0.15) is 30.9 Å². The van der Waals surface area contributed by atoms with Crippen molar-refractivity contribution >= 4 is 23.1 Å². The quantitative estimate of drug-likeness (QED) is 0.736. The second-order valence-electron chi connectivity index (χ2n) is 6.32. The van der Waals surface area contributed by atoms with Crippen LogP contribution in [0.15, 0.2) is 65.6 Å². The van der Waals surface area contributed by atoms with Gasteiger partial charge in [-0.2, -0.15) is 0 Å². The first-order valence-corrected chi connectivity index (χ1v) is 8.74. The van der Waals surface area contributed by atoms with E-state index in [0.29, 0.717) is 5.03 Å². The van der Waals surface area contributed by atoms with Crippen LogP contribution in [0, 0.1) is 6.92 Å². The van der Waals surface area contributed by atoms with Gasteiger partial charge in [0.05, 0.1) is 11.5 Å². The van der Waals surface area contributed by atoms with E-state index in [1.807, 2.05) is 23.3 Å². The lowest BCUT2D eigenvalue weighted by Gasteiger charge is -2.30. The Morgan fingerprint density at radius 3 is 2.40 bits per heavy atom. The Bertz CT molecular complexity index is 755. The molecule has 0 saturated heterocycles. The third-order valence-electron chi connectivity index (χ3n) is 4.21. The number of aryl methyl sites for hydroxylation is 1. The van der Waals surface area contributed by atoms with Crippen molar-refractivity contribution in [1.82, 2.24) is 9.80 Å². The first-order valence-electron chi connectivity index (χ1n) is 8.36. The lowest BCUT2D eigenvalue weighted by atomic mass is 9.97. The number of rotatable bonds is 5. The van der Waals surface area contributed by atoms with Crippen LogP contribution >= 0.6 is 11.6 Å². The van der Waals surface area contributed by atoms with Crippen molar-refractivity contribution in [1.29, 1.82) is 0 Å². The van der Waals surface area contributed by atoms with Gasteiger partial charge in [0.15, 0.2) is 0 Å². The molecule has 0 fully saturated rings. The molecule has 1 amide bonds. The topological polar surface area (TPSA) is 23.6 Å². The summed E-state index contributed by atoms with van der Waals surface area (Å²) in [5, 5.41) is 0.613. The number of allylic oxidation sites excluding steroid dienone is 4. The number of amides is 1. The first-order chi connectivity index (χ1) is 11.8. The zero-order chi connectivity index (χ0) is 18.6. The molecular weight excluding hydrogens is 332 g/mol. The molecule has 1 aromatic carbocycles. The molecule has 132 valence electrons. The van der Waals surface area contributed by atoms with Gasteiger partial charge >= 0.3 is 0 Å². The summed E-state index contributed by atoms with van der Waals surface area (Å²) in [5.74, 6) is 0.0416. The summed E-state index contributed by atoms with van der Waals surface area (Å²) < 4.78 is 0. The van der Waals surface area contributed by atoms with Crippen LogP contribution in [-0.4, -0.2) is 29.8 Å². The summed E-state index contributed by atoms with van der Waals surface area (Å²) in [5.41, 5.74) is 5.15. The van der Waals surface area contributed by atoms with Gasteiger partial charge in [-0.1, -0.05) is 54.9 Å². The van der Waals surface area contributed by atoms with E-state index in [9.17, 15) is 4.79 Å². The molecule has 1 aromatic rings. The van der Waals surface area contributed by atoms with E-state index in [2.05, 4.69) is 44.7 Å². The van der Waals surface area contributed by atoms with Gasteiger partial charge in [0, 0.05) is 31.7 Å². The van der Waals surface area contributed by atoms with Crippen molar-refractivity contribution in [2.75, 3.05) is 14.1 Å². The normalized spacial score (nSPS) is 15.0. The summed E-state index contributed by atoms with van der Waals surface area (Å²) in [4.78, 5) is 16.0. The van der Waals surface area contributed by atoms with Crippen molar-refractivity contribution in [3.63, 3.8) is 0 Å². The molecule has 1 heterocycles. The predicted molar refractivity (Wildman–Crippen MR) is 106 cm³/mol. The maximum absolute atomic E-state index is 12.5. The Balaban J connectivity index is 2.58. The van der Waals surface area contributed by atoms with Gasteiger partial charge < -0.3 is 9.80 Å². The molecule has 2 rings (SSSR count). The van der Waals surface area contributed by atoms with Crippen LogP contribution in [0.25, 0.3) is 5.57 Å². The van der Waals surface area contributed by atoms with E-state index in [0.717, 1.165) is 29.0 Å². The van der Waals surface area contributed by atoms with Gasteiger partial charge in [0.1, 0.15) is 0 Å². The Morgan fingerprint density at radius 1 is 1.20 bits per heavy atom. The van der Waals surface area contributed by atoms with Gasteiger partial charge in [-0.25, -0.2) is 0 Å². The van der Waals surface area contributed by atoms with Crippen molar-refractivity contribution in [2.45, 2.75) is 26.7 Å². The summed E-state index contributed by atoms with van der Waals surface area (Å²) >= 11 is 6.21. The monoisotopic (exact) mass is 356 g/mol. The maximum atomic E-state index is 12.5. The summed E-state index contributed by atoms with van der Waals surface area (Å²) in [7, 11) is 3.54. The van der Waals surface area contributed by atoms with Crippen LogP contribution in [-0.2, 0) is 4.79 Å². The van der Waals surface area contributed by atoms with Gasteiger partial charge in [0.2, 0.25) is 5.91 Å². The molecule has 1 aliphatic rings. The highest BCUT2D eigenvalue weighted by Gasteiger charge is 2.21. The highest BCUT2D eigenvalue weighted by atomic mass is 35.5. The smallest absolute Gasteiger partial charge is 0.228 e. The Labute approximate surface area is 155 Å². The average molecular weight is 357 g/mol. The van der Waals surface area contributed by atoms with E-state index < -0.39 is 0 Å². The lowest BCUT2D eigenvalue weighted by Crippen LogP contribution is -2.27. The van der Waals surface area contributed by atoms with E-state index in [-0.39, 0.29) is 12.3 Å². The van der Waals surface area contributed by atoms with Crippen LogP contribution in [0.3, 0.4) is 0 Å². The second-order valence-corrected chi connectivity index (χ2v) is 6.75. The van der Waals surface area contributed by atoms with E-state index >= 15 is 0 Å². The average Bonchev–Trinajstić information content (AvgIpc) is 2.58. The van der Waals surface area contributed by atoms with Gasteiger partial charge in [-0.3, -0.25) is 4.79 Å². The largest absolute Gasteiger partial charge is 0.348 e. The van der Waals surface area contributed by atoms with Crippen molar-refractivity contribution in [2.24, 2.45) is 0 Å². The molecule has 0 saturated carbocycles. The Kier molecular flexibility index (Phi) is 6.27. The SMILES string of the molecule is C=C1C=CC(Cl)=CN1/C(CC(=O)N(C)C)=C(\CC)c1ccc(C)cc1. The van der Waals surface area contributed by atoms with Crippen LogP contribution in [0.5, 0.6) is 0 Å². The summed E-state index contributed by atoms with van der Waals surface area (Å²) in [6.07, 6.45) is 6.59. The highest BCUT2D eigenvalue weighted by molar-refractivity contribution is 6.31. The summed E-state index contributed by atoms with van der Waals surface area (Å²) in [6, 6.07) is 8.37. The minimum atomic E-state index is 0.0416. The van der Waals surface area contributed by atoms with Crippen LogP contribution < -0.4 is 0 Å². The van der Waals surface area contributed by atoms with Gasteiger partial charge in [-0.15, -0.1) is 0 Å². The fourth-order valence-corrected chi connectivity index (χ4v) is 2.89. The first kappa shape index (κ1) is 19.1. The molecule has 0 N–H and O–H groups in total. The molecule has 0 bridgehead atoms. The molecule has 0 radical (unpaired) electrons. The molecule has 1 aliphatic heterocycles. The molecule has 0 spiro atoms. The van der Waals surface area contributed by atoms with Crippen LogP contribution in [0.2, 0.25) is 0 Å². The molecule has 0 aromatic heterocycles. The molecule has 25 heavy (non-hydrogen) atoms. The number of benzene rings is 1. The number of hydrogen-bond donors (Lipinski definition) is 0. The minimum absolute atomic E-state index is 0.0416. The van der Waals surface area contributed by atoms with E-state index in [1.54, 1.807) is 19.0 Å². The number of nitrogens with zero attached hydrogens (tertiary/aromatic N) is 2. The van der Waals surface area contributed by atoms with Crippen molar-refractivity contribution in [3.05, 3.63) is 76.7 Å². The lowest BCUT2D eigenvalue weighted by molar-refractivity contribution is -0.128. The zero-order valence-corrected chi connectivity index (χ0v) is 16.1. The third kappa shape index (κ3) is 4.64. The fraction of sp³-hybridized carbons (Fsp3) is 0.286. The third-order valence-corrected chi connectivity index (χ3v) is 4.43. The van der Waals surface area contributed by atoms with Crippen molar-refractivity contribution < 1.29 is 4.79 Å². The standard InChI is InChI=1S/C21H25ClN2O/c1-6-19(17-10-7-15(2)8-11-17)20(13-21(25)23(4)5)24-14-18(22)12-9-16(24)3/h7-12,14H,3,6,13H2,1-2,4-5H3/b20-19+. The van der Waals surface area contributed by atoms with E-state index in [1.165, 1.54) is 5.56 Å². The predicted octanol–water partition coefficient (Wildman–Crippen LogP) is 5.06. The Morgan fingerprint density at radius 2 is 1.84 bits per heavy atom.